The molecular weight excluding hydrogens is 248 g/mol. The lowest BCUT2D eigenvalue weighted by molar-refractivity contribution is 0.597. The molecule has 93 valence electrons. The van der Waals surface area contributed by atoms with E-state index in [1.807, 2.05) is 24.3 Å². The van der Waals surface area contributed by atoms with E-state index in [0.717, 1.165) is 11.1 Å². The van der Waals surface area contributed by atoms with Crippen LogP contribution in [0, 0.1) is 6.07 Å². The molecule has 0 bridgehead atoms. The lowest BCUT2D eigenvalue weighted by atomic mass is 10.00. The summed E-state index contributed by atoms with van der Waals surface area (Å²) in [7, 11) is -3.74. The smallest absolute Gasteiger partial charge is 0.238 e. The molecule has 0 amide bonds. The Balaban J connectivity index is 2.58. The van der Waals surface area contributed by atoms with Gasteiger partial charge in [0.1, 0.15) is 0 Å². The molecule has 0 saturated heterocycles. The molecular formula is C13H13N2O2S. The quantitative estimate of drug-likeness (QED) is 0.872. The molecule has 0 aromatic heterocycles. The second-order valence-electron chi connectivity index (χ2n) is 3.83. The van der Waals surface area contributed by atoms with Crippen molar-refractivity contribution in [2.75, 3.05) is 0 Å². The minimum atomic E-state index is -3.74. The molecule has 2 aromatic carbocycles. The van der Waals surface area contributed by atoms with Gasteiger partial charge in [0, 0.05) is 12.6 Å². The first kappa shape index (κ1) is 12.8. The summed E-state index contributed by atoms with van der Waals surface area (Å²) in [6, 6.07) is 15.2. The zero-order chi connectivity index (χ0) is 13.2. The van der Waals surface area contributed by atoms with Gasteiger partial charge in [0.15, 0.2) is 0 Å². The third-order valence-electron chi connectivity index (χ3n) is 2.60. The van der Waals surface area contributed by atoms with Gasteiger partial charge in [0.05, 0.1) is 4.90 Å². The van der Waals surface area contributed by atoms with E-state index < -0.39 is 10.0 Å². The largest absolute Gasteiger partial charge is 0.326 e. The summed E-state index contributed by atoms with van der Waals surface area (Å²) in [6.07, 6.45) is 0. The Morgan fingerprint density at radius 1 is 1.06 bits per heavy atom. The molecule has 0 atom stereocenters. The van der Waals surface area contributed by atoms with Gasteiger partial charge in [-0.25, -0.2) is 13.6 Å². The number of primary sulfonamides is 1. The Morgan fingerprint density at radius 3 is 2.44 bits per heavy atom. The van der Waals surface area contributed by atoms with Crippen molar-refractivity contribution < 1.29 is 8.42 Å². The Bertz CT molecular complexity index is 666. The van der Waals surface area contributed by atoms with Crippen molar-refractivity contribution in [1.82, 2.24) is 0 Å². The minimum Gasteiger partial charge on any atom is -0.326 e. The van der Waals surface area contributed by atoms with Crippen LogP contribution in [-0.4, -0.2) is 8.42 Å². The van der Waals surface area contributed by atoms with Gasteiger partial charge in [-0.05, 0) is 22.8 Å². The van der Waals surface area contributed by atoms with Crippen LogP contribution in [0.2, 0.25) is 0 Å². The molecule has 0 aliphatic rings. The van der Waals surface area contributed by atoms with Crippen LogP contribution in [0.3, 0.4) is 0 Å². The van der Waals surface area contributed by atoms with E-state index in [2.05, 4.69) is 6.07 Å². The molecule has 2 aromatic rings. The lowest BCUT2D eigenvalue weighted by Crippen LogP contribution is -2.12. The van der Waals surface area contributed by atoms with Gasteiger partial charge in [-0.1, -0.05) is 36.4 Å². The third kappa shape index (κ3) is 2.59. The summed E-state index contributed by atoms with van der Waals surface area (Å²) < 4.78 is 22.6. The molecule has 0 heterocycles. The highest BCUT2D eigenvalue weighted by atomic mass is 32.2. The molecule has 2 rings (SSSR count). The van der Waals surface area contributed by atoms with Crippen LogP contribution >= 0.6 is 0 Å². The van der Waals surface area contributed by atoms with Crippen molar-refractivity contribution >= 4 is 10.0 Å². The maximum absolute atomic E-state index is 11.3. The molecule has 0 unspecified atom stereocenters. The number of sulfonamides is 1. The summed E-state index contributed by atoms with van der Waals surface area (Å²) in [5, 5.41) is 5.09. The Kier molecular flexibility index (Phi) is 3.47. The zero-order valence-electron chi connectivity index (χ0n) is 9.63. The molecule has 0 saturated carbocycles. The zero-order valence-corrected chi connectivity index (χ0v) is 10.4. The highest BCUT2D eigenvalue weighted by Crippen LogP contribution is 2.24. The van der Waals surface area contributed by atoms with Gasteiger partial charge < -0.3 is 5.73 Å². The first-order valence-electron chi connectivity index (χ1n) is 5.36. The van der Waals surface area contributed by atoms with Crippen LogP contribution < -0.4 is 10.9 Å². The maximum atomic E-state index is 11.3. The van der Waals surface area contributed by atoms with Gasteiger partial charge in [0.2, 0.25) is 10.0 Å². The molecule has 18 heavy (non-hydrogen) atoms. The topological polar surface area (TPSA) is 86.2 Å². The van der Waals surface area contributed by atoms with E-state index in [9.17, 15) is 8.42 Å². The van der Waals surface area contributed by atoms with Crippen molar-refractivity contribution in [2.24, 2.45) is 10.9 Å². The number of rotatable bonds is 3. The fourth-order valence-corrected chi connectivity index (χ4v) is 2.25. The van der Waals surface area contributed by atoms with E-state index in [1.54, 1.807) is 12.1 Å². The van der Waals surface area contributed by atoms with Crippen LogP contribution in [0.5, 0.6) is 0 Å². The van der Waals surface area contributed by atoms with Crippen LogP contribution in [0.1, 0.15) is 5.56 Å². The van der Waals surface area contributed by atoms with Gasteiger partial charge in [0.25, 0.3) is 0 Å². The number of hydrogen-bond donors (Lipinski definition) is 2. The highest BCUT2D eigenvalue weighted by molar-refractivity contribution is 7.89. The monoisotopic (exact) mass is 261 g/mol. The van der Waals surface area contributed by atoms with Crippen molar-refractivity contribution in [2.45, 2.75) is 11.4 Å². The second kappa shape index (κ2) is 4.89. The van der Waals surface area contributed by atoms with Gasteiger partial charge >= 0.3 is 0 Å². The Labute approximate surface area is 106 Å². The number of hydrogen-bond acceptors (Lipinski definition) is 3. The minimum absolute atomic E-state index is 0.0215. The first-order chi connectivity index (χ1) is 8.52. The first-order valence-corrected chi connectivity index (χ1v) is 6.90. The van der Waals surface area contributed by atoms with Crippen LogP contribution in [0.15, 0.2) is 47.4 Å². The number of benzene rings is 2. The van der Waals surface area contributed by atoms with E-state index in [4.69, 9.17) is 10.9 Å². The summed E-state index contributed by atoms with van der Waals surface area (Å²) in [6.45, 7) is 0.379. The Morgan fingerprint density at radius 2 is 1.78 bits per heavy atom. The van der Waals surface area contributed by atoms with Crippen molar-refractivity contribution in [3.63, 3.8) is 0 Å². The normalized spacial score (nSPS) is 11.4. The average molecular weight is 261 g/mol. The van der Waals surface area contributed by atoms with Gasteiger partial charge in [-0.3, -0.25) is 0 Å². The Hall–Kier alpha value is -1.69. The van der Waals surface area contributed by atoms with E-state index in [1.165, 1.54) is 6.07 Å². The van der Waals surface area contributed by atoms with Crippen LogP contribution in [-0.2, 0) is 16.6 Å². The van der Waals surface area contributed by atoms with Crippen LogP contribution in [0.25, 0.3) is 11.1 Å². The predicted molar refractivity (Wildman–Crippen MR) is 70.0 cm³/mol. The van der Waals surface area contributed by atoms with Crippen LogP contribution in [0.4, 0.5) is 0 Å². The van der Waals surface area contributed by atoms with Crippen molar-refractivity contribution in [3.05, 3.63) is 54.1 Å². The fourth-order valence-electron chi connectivity index (χ4n) is 1.73. The molecule has 0 fully saturated rings. The molecule has 4 N–H and O–H groups in total. The van der Waals surface area contributed by atoms with E-state index >= 15 is 0 Å². The molecule has 1 radical (unpaired) electrons. The summed E-state index contributed by atoms with van der Waals surface area (Å²) >= 11 is 0. The molecule has 0 aliphatic carbocycles. The molecule has 5 heteroatoms. The highest BCUT2D eigenvalue weighted by Gasteiger charge is 2.10. The average Bonchev–Trinajstić information content (AvgIpc) is 2.38. The molecule has 4 nitrogen and oxygen atoms in total. The molecule has 0 spiro atoms. The third-order valence-corrected chi connectivity index (χ3v) is 3.45. The number of nitrogens with two attached hydrogens (primary N) is 2. The second-order valence-corrected chi connectivity index (χ2v) is 5.36. The maximum Gasteiger partial charge on any atom is 0.238 e. The SMILES string of the molecule is NCc1ccccc1-c1[c]c(S(N)(=O)=O)ccc1. The summed E-state index contributed by atoms with van der Waals surface area (Å²) in [5.41, 5.74) is 8.12. The van der Waals surface area contributed by atoms with Gasteiger partial charge in [-0.2, -0.15) is 0 Å². The standard InChI is InChI=1S/C13H13N2O2S/c14-9-11-4-1-2-7-13(11)10-5-3-6-12(8-10)18(15,16)17/h1-7H,9,14H2,(H2,15,16,17). The lowest BCUT2D eigenvalue weighted by Gasteiger charge is -2.08. The molecule has 0 aliphatic heterocycles. The predicted octanol–water partition coefficient (Wildman–Crippen LogP) is 1.26. The van der Waals surface area contributed by atoms with E-state index in [-0.39, 0.29) is 4.90 Å². The van der Waals surface area contributed by atoms with Gasteiger partial charge in [-0.15, -0.1) is 0 Å². The van der Waals surface area contributed by atoms with Crippen molar-refractivity contribution in [3.8, 4) is 11.1 Å². The summed E-state index contributed by atoms with van der Waals surface area (Å²) in [5.74, 6) is 0. The summed E-state index contributed by atoms with van der Waals surface area (Å²) in [4.78, 5) is -0.0215. The fraction of sp³-hybridized carbons (Fsp3) is 0.0769. The van der Waals surface area contributed by atoms with Crippen molar-refractivity contribution in [1.29, 1.82) is 0 Å². The van der Waals surface area contributed by atoms with E-state index in [0.29, 0.717) is 12.1 Å².